The zero-order valence-electron chi connectivity index (χ0n) is 21.2. The van der Waals surface area contributed by atoms with Crippen LogP contribution in [-0.2, 0) is 21.7 Å². The molecule has 2 aromatic carbocycles. The first kappa shape index (κ1) is 26.3. The molecule has 2 saturated carbocycles. The normalized spacial score (nSPS) is 26.2. The van der Waals surface area contributed by atoms with E-state index in [2.05, 4.69) is 15.0 Å². The lowest BCUT2D eigenvalue weighted by Crippen LogP contribution is -2.55. The SMILES string of the molecule is [C-]#[N+]c1cc(F)c2nc(C3(O)C4COCC3CC(OCc3c(-c5c(Cl)cccc5Cl)noc3C3CC3)C4)sc2c1. The highest BCUT2D eigenvalue weighted by Crippen LogP contribution is 2.52. The van der Waals surface area contributed by atoms with Gasteiger partial charge in [0.25, 0.3) is 0 Å². The van der Waals surface area contributed by atoms with Crippen LogP contribution in [0.5, 0.6) is 0 Å². The molecule has 1 aliphatic heterocycles. The van der Waals surface area contributed by atoms with Crippen molar-refractivity contribution < 1.29 is 23.5 Å². The molecule has 3 aliphatic rings. The van der Waals surface area contributed by atoms with Crippen molar-refractivity contribution in [2.24, 2.45) is 11.8 Å². The van der Waals surface area contributed by atoms with Gasteiger partial charge in [-0.1, -0.05) is 34.4 Å². The summed E-state index contributed by atoms with van der Waals surface area (Å²) in [5.41, 5.74) is 1.22. The van der Waals surface area contributed by atoms with Gasteiger partial charge in [-0.3, -0.25) is 0 Å². The Hall–Kier alpha value is -2.58. The minimum absolute atomic E-state index is 0.143. The smallest absolute Gasteiger partial charge is 0.191 e. The molecule has 2 aliphatic carbocycles. The molecule has 7 nitrogen and oxygen atoms in total. The van der Waals surface area contributed by atoms with E-state index < -0.39 is 11.4 Å². The third-order valence-corrected chi connectivity index (χ3v) is 10.1. The molecule has 1 N–H and O–H groups in total. The highest BCUT2D eigenvalue weighted by Gasteiger charge is 2.55. The summed E-state index contributed by atoms with van der Waals surface area (Å²) < 4.78 is 33.3. The topological polar surface area (TPSA) is 82.0 Å². The summed E-state index contributed by atoms with van der Waals surface area (Å²) in [6.45, 7) is 8.21. The van der Waals surface area contributed by atoms with Crippen molar-refractivity contribution in [3.8, 4) is 11.3 Å². The van der Waals surface area contributed by atoms with Crippen LogP contribution in [0.25, 0.3) is 26.3 Å². The number of halogens is 3. The number of aromatic nitrogens is 2. The summed E-state index contributed by atoms with van der Waals surface area (Å²) in [5.74, 6) is 0.0153. The fourth-order valence-electron chi connectivity index (χ4n) is 6.11. The van der Waals surface area contributed by atoms with E-state index in [0.717, 1.165) is 24.2 Å². The fourth-order valence-corrected chi connectivity index (χ4v) is 7.95. The Morgan fingerprint density at radius 3 is 2.58 bits per heavy atom. The van der Waals surface area contributed by atoms with E-state index in [-0.39, 0.29) is 35.8 Å². The van der Waals surface area contributed by atoms with Gasteiger partial charge in [-0.05, 0) is 49.9 Å². The molecule has 2 atom stereocenters. The Morgan fingerprint density at radius 2 is 1.90 bits per heavy atom. The third-order valence-electron chi connectivity index (χ3n) is 8.31. The number of hydrogen-bond donors (Lipinski definition) is 1. The van der Waals surface area contributed by atoms with E-state index in [1.165, 1.54) is 17.4 Å². The number of hydrogen-bond acceptors (Lipinski definition) is 7. The van der Waals surface area contributed by atoms with E-state index >= 15 is 0 Å². The van der Waals surface area contributed by atoms with Gasteiger partial charge in [-0.25, -0.2) is 14.2 Å². The van der Waals surface area contributed by atoms with E-state index in [9.17, 15) is 9.50 Å². The lowest BCUT2D eigenvalue weighted by Gasteiger charge is -2.50. The van der Waals surface area contributed by atoms with Gasteiger partial charge in [0.15, 0.2) is 5.69 Å². The number of aliphatic hydroxyl groups is 1. The summed E-state index contributed by atoms with van der Waals surface area (Å²) in [6.07, 6.45) is 3.03. The van der Waals surface area contributed by atoms with Crippen molar-refractivity contribution in [1.29, 1.82) is 0 Å². The van der Waals surface area contributed by atoms with Crippen molar-refractivity contribution in [2.75, 3.05) is 13.2 Å². The van der Waals surface area contributed by atoms with Crippen LogP contribution >= 0.6 is 34.5 Å². The van der Waals surface area contributed by atoms with Gasteiger partial charge in [0.2, 0.25) is 0 Å². The molecule has 0 amide bonds. The summed E-state index contributed by atoms with van der Waals surface area (Å²) in [4.78, 5) is 7.87. The van der Waals surface area contributed by atoms with E-state index in [1.54, 1.807) is 24.3 Å². The first-order valence-corrected chi connectivity index (χ1v) is 14.8. The number of benzene rings is 2. The number of thiazole rings is 1. The van der Waals surface area contributed by atoms with E-state index in [1.807, 2.05) is 0 Å². The Labute approximate surface area is 243 Å². The molecule has 0 radical (unpaired) electrons. The standard InChI is InChI=1S/C29H24Cl2FN3O4S/c1-33-17-9-22(32)26-23(10-17)40-28(34-26)29(36)15-7-18(8-16(29)12-37-11-15)38-13-19-25(35-39-27(19)14-5-6-14)24-20(30)3-2-4-21(24)31/h2-4,9-10,14-16,18,36H,5-8,11-13H2. The van der Waals surface area contributed by atoms with Crippen LogP contribution in [0, 0.1) is 24.2 Å². The monoisotopic (exact) mass is 599 g/mol. The second kappa shape index (κ2) is 10.1. The Kier molecular flexibility index (Phi) is 6.62. The number of rotatable bonds is 6. The zero-order valence-corrected chi connectivity index (χ0v) is 23.5. The van der Waals surface area contributed by atoms with Crippen molar-refractivity contribution in [1.82, 2.24) is 10.1 Å². The van der Waals surface area contributed by atoms with Crippen LogP contribution in [0.2, 0.25) is 10.0 Å². The van der Waals surface area contributed by atoms with Gasteiger partial charge in [-0.2, -0.15) is 0 Å². The van der Waals surface area contributed by atoms with Gasteiger partial charge in [0, 0.05) is 33.6 Å². The van der Waals surface area contributed by atoms with Gasteiger partial charge >= 0.3 is 0 Å². The molecule has 11 heteroatoms. The van der Waals surface area contributed by atoms with Crippen LogP contribution in [-0.4, -0.2) is 34.6 Å². The summed E-state index contributed by atoms with van der Waals surface area (Å²) in [5, 5.41) is 17.9. The molecular weight excluding hydrogens is 576 g/mol. The van der Waals surface area contributed by atoms with Crippen molar-refractivity contribution in [3.05, 3.63) is 73.9 Å². The van der Waals surface area contributed by atoms with Crippen molar-refractivity contribution in [3.63, 3.8) is 0 Å². The van der Waals surface area contributed by atoms with Gasteiger partial charge in [0.1, 0.15) is 33.4 Å². The largest absolute Gasteiger partial charge is 0.382 e. The van der Waals surface area contributed by atoms with Crippen LogP contribution < -0.4 is 0 Å². The number of ether oxygens (including phenoxy) is 2. The molecule has 2 unspecified atom stereocenters. The number of fused-ring (bicyclic) bond motifs is 3. The second-order valence-corrected chi connectivity index (χ2v) is 12.7. The summed E-state index contributed by atoms with van der Waals surface area (Å²) in [6, 6.07) is 8.15. The first-order valence-electron chi connectivity index (χ1n) is 13.2. The second-order valence-electron chi connectivity index (χ2n) is 10.8. The fraction of sp³-hybridized carbons (Fsp3) is 0.414. The summed E-state index contributed by atoms with van der Waals surface area (Å²) in [7, 11) is 0. The van der Waals surface area contributed by atoms with Crippen molar-refractivity contribution in [2.45, 2.75) is 49.9 Å². The van der Waals surface area contributed by atoms with E-state index in [0.29, 0.717) is 63.0 Å². The predicted molar refractivity (Wildman–Crippen MR) is 149 cm³/mol. The molecule has 4 aromatic rings. The average molecular weight is 600 g/mol. The Balaban J connectivity index is 1.15. The number of nitrogens with zero attached hydrogens (tertiary/aromatic N) is 3. The maximum atomic E-state index is 14.7. The molecule has 2 aromatic heterocycles. The zero-order chi connectivity index (χ0) is 27.6. The molecule has 0 spiro atoms. The highest BCUT2D eigenvalue weighted by molar-refractivity contribution is 7.18. The predicted octanol–water partition coefficient (Wildman–Crippen LogP) is 7.65. The molecule has 7 rings (SSSR count). The molecule has 206 valence electrons. The molecular formula is C29H24Cl2FN3O4S. The van der Waals surface area contributed by atoms with E-state index in [4.69, 9.17) is 43.8 Å². The van der Waals surface area contributed by atoms with Crippen molar-refractivity contribution >= 4 is 50.4 Å². The minimum atomic E-state index is -1.26. The Morgan fingerprint density at radius 1 is 1.18 bits per heavy atom. The maximum Gasteiger partial charge on any atom is 0.191 e. The van der Waals surface area contributed by atoms with Gasteiger partial charge in [0.05, 0.1) is 42.5 Å². The van der Waals surface area contributed by atoms with Gasteiger partial charge in [-0.15, -0.1) is 11.3 Å². The lowest BCUT2D eigenvalue weighted by atomic mass is 9.66. The quantitative estimate of drug-likeness (QED) is 0.229. The Bertz CT molecular complexity index is 1630. The van der Waals surface area contributed by atoms with Crippen LogP contribution in [0.15, 0.2) is 34.9 Å². The maximum absolute atomic E-state index is 14.7. The molecule has 1 saturated heterocycles. The van der Waals surface area contributed by atoms with Crippen LogP contribution in [0.1, 0.15) is 47.9 Å². The lowest BCUT2D eigenvalue weighted by molar-refractivity contribution is -0.209. The highest BCUT2D eigenvalue weighted by atomic mass is 35.5. The molecule has 3 fully saturated rings. The molecule has 2 bridgehead atoms. The molecule has 40 heavy (non-hydrogen) atoms. The average Bonchev–Trinajstić information content (AvgIpc) is 3.53. The third kappa shape index (κ3) is 4.33. The van der Waals surface area contributed by atoms with Crippen LogP contribution in [0.3, 0.4) is 0 Å². The summed E-state index contributed by atoms with van der Waals surface area (Å²) >= 11 is 14.3. The van der Waals surface area contributed by atoms with Crippen LogP contribution in [0.4, 0.5) is 10.1 Å². The van der Waals surface area contributed by atoms with Gasteiger partial charge < -0.3 is 19.1 Å². The minimum Gasteiger partial charge on any atom is -0.382 e. The first-order chi connectivity index (χ1) is 19.4. The molecule has 3 heterocycles.